The number of nitrogen functional groups attached to an aromatic ring is 1. The zero-order chi connectivity index (χ0) is 12.7. The number of para-hydroxylation sites is 1. The third-order valence-electron chi connectivity index (χ3n) is 3.20. The molecule has 0 saturated heterocycles. The van der Waals surface area contributed by atoms with Crippen LogP contribution in [0.1, 0.15) is 5.56 Å². The van der Waals surface area contributed by atoms with E-state index < -0.39 is 0 Å². The third kappa shape index (κ3) is 1.61. The molecule has 2 aromatic carbocycles. The first-order chi connectivity index (χ1) is 8.65. The zero-order valence-electron chi connectivity index (χ0n) is 10.1. The van der Waals surface area contributed by atoms with Gasteiger partial charge in [0.05, 0.1) is 5.69 Å². The highest BCUT2D eigenvalue weighted by molar-refractivity contribution is 5.89. The first-order valence-corrected chi connectivity index (χ1v) is 5.82. The summed E-state index contributed by atoms with van der Waals surface area (Å²) >= 11 is 0. The van der Waals surface area contributed by atoms with E-state index >= 15 is 0 Å². The van der Waals surface area contributed by atoms with Crippen molar-refractivity contribution in [2.45, 2.75) is 6.92 Å². The Hall–Kier alpha value is -2.42. The minimum Gasteiger partial charge on any atom is -0.507 e. The van der Waals surface area contributed by atoms with E-state index in [0.29, 0.717) is 0 Å². The highest BCUT2D eigenvalue weighted by Gasteiger charge is 2.08. The molecule has 0 atom stereocenters. The Kier molecular flexibility index (Phi) is 2.27. The molecule has 1 heterocycles. The largest absolute Gasteiger partial charge is 0.507 e. The number of aromatic hydroxyl groups is 1. The van der Waals surface area contributed by atoms with Gasteiger partial charge in [0.15, 0.2) is 0 Å². The zero-order valence-corrected chi connectivity index (χ0v) is 10.1. The molecule has 18 heavy (non-hydrogen) atoms. The Morgan fingerprint density at radius 3 is 2.67 bits per heavy atom. The molecule has 0 amide bonds. The van der Waals surface area contributed by atoms with Crippen molar-refractivity contribution in [2.24, 2.45) is 0 Å². The number of aromatic amines is 1. The van der Waals surface area contributed by atoms with Crippen LogP contribution in [0.3, 0.4) is 0 Å². The number of fused-ring (bicyclic) bond motifs is 1. The average Bonchev–Trinajstić information content (AvgIpc) is 2.73. The van der Waals surface area contributed by atoms with Gasteiger partial charge in [-0.15, -0.1) is 0 Å². The summed E-state index contributed by atoms with van der Waals surface area (Å²) in [6.45, 7) is 1.99. The topological polar surface area (TPSA) is 62.0 Å². The van der Waals surface area contributed by atoms with E-state index in [0.717, 1.165) is 33.4 Å². The van der Waals surface area contributed by atoms with Crippen LogP contribution in [-0.2, 0) is 0 Å². The molecule has 3 rings (SSSR count). The molecule has 0 spiro atoms. The van der Waals surface area contributed by atoms with Crippen LogP contribution in [-0.4, -0.2) is 10.1 Å². The number of phenols is 1. The molecule has 1 aromatic heterocycles. The van der Waals surface area contributed by atoms with E-state index in [1.54, 1.807) is 6.07 Å². The Balaban J connectivity index is 2.23. The van der Waals surface area contributed by atoms with E-state index in [9.17, 15) is 5.11 Å². The molecule has 0 saturated carbocycles. The molecule has 0 fully saturated rings. The van der Waals surface area contributed by atoms with Crippen LogP contribution in [0, 0.1) is 6.92 Å². The lowest BCUT2D eigenvalue weighted by Crippen LogP contribution is -1.88. The number of aromatic nitrogens is 1. The second-order valence-electron chi connectivity index (χ2n) is 4.50. The second-order valence-corrected chi connectivity index (χ2v) is 4.50. The molecular weight excluding hydrogens is 224 g/mol. The first-order valence-electron chi connectivity index (χ1n) is 5.82. The van der Waals surface area contributed by atoms with Crippen molar-refractivity contribution in [1.82, 2.24) is 4.98 Å². The van der Waals surface area contributed by atoms with Crippen LogP contribution in [0.15, 0.2) is 42.5 Å². The molecule has 90 valence electrons. The van der Waals surface area contributed by atoms with E-state index in [1.807, 2.05) is 43.3 Å². The van der Waals surface area contributed by atoms with Crippen molar-refractivity contribution in [3.8, 4) is 17.0 Å². The van der Waals surface area contributed by atoms with Gasteiger partial charge in [-0.3, -0.25) is 0 Å². The smallest absolute Gasteiger partial charge is 0.124 e. The number of hydrogen-bond donors (Lipinski definition) is 3. The summed E-state index contributed by atoms with van der Waals surface area (Å²) in [5, 5.41) is 11.0. The molecule has 3 nitrogen and oxygen atoms in total. The van der Waals surface area contributed by atoms with Crippen molar-refractivity contribution in [2.75, 3.05) is 5.73 Å². The molecule has 0 unspecified atom stereocenters. The number of nitrogens with one attached hydrogen (secondary N) is 1. The predicted molar refractivity (Wildman–Crippen MR) is 74.5 cm³/mol. The lowest BCUT2D eigenvalue weighted by molar-refractivity contribution is 0.477. The van der Waals surface area contributed by atoms with E-state index in [4.69, 9.17) is 5.73 Å². The summed E-state index contributed by atoms with van der Waals surface area (Å²) in [5.41, 5.74) is 10.4. The number of phenolic OH excluding ortho intramolecular Hbond substituents is 1. The number of benzene rings is 2. The fourth-order valence-corrected chi connectivity index (χ4v) is 2.16. The third-order valence-corrected chi connectivity index (χ3v) is 3.20. The number of H-pyrrole nitrogens is 1. The lowest BCUT2D eigenvalue weighted by atomic mass is 10.1. The van der Waals surface area contributed by atoms with Gasteiger partial charge in [0.1, 0.15) is 5.75 Å². The van der Waals surface area contributed by atoms with Gasteiger partial charge < -0.3 is 15.8 Å². The molecular formula is C15H14N2O. The number of aryl methyl sites for hydroxylation is 1. The van der Waals surface area contributed by atoms with Crippen molar-refractivity contribution < 1.29 is 5.11 Å². The fraction of sp³-hybridized carbons (Fsp3) is 0.0667. The summed E-state index contributed by atoms with van der Waals surface area (Å²) in [7, 11) is 0. The number of anilines is 1. The van der Waals surface area contributed by atoms with Gasteiger partial charge in [-0.05, 0) is 42.8 Å². The van der Waals surface area contributed by atoms with Crippen LogP contribution in [0.4, 0.5) is 5.69 Å². The maximum absolute atomic E-state index is 9.85. The van der Waals surface area contributed by atoms with Gasteiger partial charge in [-0.1, -0.05) is 12.1 Å². The molecule has 4 N–H and O–H groups in total. The molecule has 3 heteroatoms. The average molecular weight is 238 g/mol. The molecule has 3 aromatic rings. The van der Waals surface area contributed by atoms with E-state index in [1.165, 1.54) is 0 Å². The maximum atomic E-state index is 9.85. The number of nitrogens with two attached hydrogens (primary N) is 1. The Morgan fingerprint density at radius 1 is 1.11 bits per heavy atom. The monoisotopic (exact) mass is 238 g/mol. The quantitative estimate of drug-likeness (QED) is 0.569. The van der Waals surface area contributed by atoms with Crippen LogP contribution in [0.25, 0.3) is 22.2 Å². The van der Waals surface area contributed by atoms with Crippen molar-refractivity contribution in [3.63, 3.8) is 0 Å². The number of rotatable bonds is 1. The molecule has 0 aliphatic rings. The SMILES string of the molecule is Cc1cc2cc(-c3ccccc3O)[nH]c2cc1N. The number of hydrogen-bond acceptors (Lipinski definition) is 2. The van der Waals surface area contributed by atoms with Gasteiger partial charge >= 0.3 is 0 Å². The van der Waals surface area contributed by atoms with Gasteiger partial charge in [0.2, 0.25) is 0 Å². The summed E-state index contributed by atoms with van der Waals surface area (Å²) in [4.78, 5) is 3.28. The van der Waals surface area contributed by atoms with Crippen molar-refractivity contribution in [1.29, 1.82) is 0 Å². The van der Waals surface area contributed by atoms with Gasteiger partial charge in [-0.25, -0.2) is 0 Å². The lowest BCUT2D eigenvalue weighted by Gasteiger charge is -2.00. The highest BCUT2D eigenvalue weighted by Crippen LogP contribution is 2.31. The summed E-state index contributed by atoms with van der Waals surface area (Å²) in [5.74, 6) is 0.272. The standard InChI is InChI=1S/C15H14N2O/c1-9-6-10-7-14(17-13(10)8-12(9)16)11-4-2-3-5-15(11)18/h2-8,17-18H,16H2,1H3. The minimum atomic E-state index is 0.272. The van der Waals surface area contributed by atoms with Crippen LogP contribution in [0.5, 0.6) is 5.75 Å². The first kappa shape index (κ1) is 10.7. The summed E-state index contributed by atoms with van der Waals surface area (Å²) < 4.78 is 0. The Labute approximate surface area is 105 Å². The van der Waals surface area contributed by atoms with E-state index in [2.05, 4.69) is 4.98 Å². The fourth-order valence-electron chi connectivity index (χ4n) is 2.16. The summed E-state index contributed by atoms with van der Waals surface area (Å²) in [6.07, 6.45) is 0. The van der Waals surface area contributed by atoms with Crippen LogP contribution >= 0.6 is 0 Å². The highest BCUT2D eigenvalue weighted by atomic mass is 16.3. The maximum Gasteiger partial charge on any atom is 0.124 e. The normalized spacial score (nSPS) is 10.9. The second kappa shape index (κ2) is 3.81. The molecule has 0 aliphatic carbocycles. The Bertz CT molecular complexity index is 689. The molecule has 0 bridgehead atoms. The van der Waals surface area contributed by atoms with Crippen LogP contribution < -0.4 is 5.73 Å². The van der Waals surface area contributed by atoms with Crippen molar-refractivity contribution >= 4 is 16.6 Å². The van der Waals surface area contributed by atoms with E-state index in [-0.39, 0.29) is 5.75 Å². The van der Waals surface area contributed by atoms with Crippen molar-refractivity contribution in [3.05, 3.63) is 48.0 Å². The minimum absolute atomic E-state index is 0.272. The predicted octanol–water partition coefficient (Wildman–Crippen LogP) is 3.43. The van der Waals surface area contributed by atoms with Gasteiger partial charge in [-0.2, -0.15) is 0 Å². The molecule has 0 aliphatic heterocycles. The van der Waals surface area contributed by atoms with Gasteiger partial charge in [0.25, 0.3) is 0 Å². The van der Waals surface area contributed by atoms with Gasteiger partial charge in [0, 0.05) is 22.2 Å². The Morgan fingerprint density at radius 2 is 1.89 bits per heavy atom. The van der Waals surface area contributed by atoms with Crippen LogP contribution in [0.2, 0.25) is 0 Å². The molecule has 0 radical (unpaired) electrons. The summed E-state index contributed by atoms with van der Waals surface area (Å²) in [6, 6.07) is 13.3.